The molecule has 0 atom stereocenters. The molecule has 0 N–H and O–H groups in total. The van der Waals surface area contributed by atoms with Crippen LogP contribution in [0.2, 0.25) is 5.02 Å². The van der Waals surface area contributed by atoms with Crippen LogP contribution in [0.4, 0.5) is 17.1 Å². The highest BCUT2D eigenvalue weighted by atomic mass is 35.5. The summed E-state index contributed by atoms with van der Waals surface area (Å²) in [4.78, 5) is 2.26. The second-order valence-corrected chi connectivity index (χ2v) is 14.0. The van der Waals surface area contributed by atoms with Crippen molar-refractivity contribution in [3.05, 3.63) is 205 Å². The first-order valence-corrected chi connectivity index (χ1v) is 18.3. The molecule has 3 heteroatoms. The van der Waals surface area contributed by atoms with E-state index in [1.54, 1.807) is 0 Å². The number of aromatic nitrogens is 1. The molecule has 0 saturated heterocycles. The van der Waals surface area contributed by atoms with Crippen LogP contribution in [0.5, 0.6) is 0 Å². The summed E-state index contributed by atoms with van der Waals surface area (Å²) < 4.78 is 2.43. The molecule has 53 heavy (non-hydrogen) atoms. The molecule has 0 radical (unpaired) electrons. The van der Waals surface area contributed by atoms with E-state index >= 15 is 0 Å². The molecule has 0 aliphatic rings. The minimum absolute atomic E-state index is 0.691. The van der Waals surface area contributed by atoms with Crippen molar-refractivity contribution in [2.75, 3.05) is 4.90 Å². The van der Waals surface area contributed by atoms with Crippen LogP contribution in [0.15, 0.2) is 200 Å². The monoisotopic (exact) mass is 696 g/mol. The highest BCUT2D eigenvalue weighted by Crippen LogP contribution is 2.44. The second kappa shape index (κ2) is 12.9. The van der Waals surface area contributed by atoms with Crippen molar-refractivity contribution in [2.24, 2.45) is 0 Å². The predicted octanol–water partition coefficient (Wildman–Crippen LogP) is 14.5. The van der Waals surface area contributed by atoms with Gasteiger partial charge in [0, 0.05) is 38.5 Å². The molecule has 9 aromatic carbocycles. The third-order valence-corrected chi connectivity index (χ3v) is 10.5. The molecule has 250 valence electrons. The Bertz CT molecular complexity index is 2900. The average molecular weight is 697 g/mol. The number of para-hydroxylation sites is 3. The number of nitrogens with zero attached hydrogens (tertiary/aromatic N) is 2. The number of fused-ring (bicyclic) bond motifs is 6. The average Bonchev–Trinajstić information content (AvgIpc) is 3.54. The lowest BCUT2D eigenvalue weighted by Crippen LogP contribution is -2.09. The predicted molar refractivity (Wildman–Crippen MR) is 226 cm³/mol. The van der Waals surface area contributed by atoms with Crippen LogP contribution in [0.25, 0.3) is 71.3 Å². The van der Waals surface area contributed by atoms with E-state index in [9.17, 15) is 0 Å². The van der Waals surface area contributed by atoms with Gasteiger partial charge in [-0.2, -0.15) is 0 Å². The van der Waals surface area contributed by atoms with Gasteiger partial charge in [0.05, 0.1) is 11.0 Å². The van der Waals surface area contributed by atoms with Gasteiger partial charge in [0.15, 0.2) is 0 Å². The maximum atomic E-state index is 6.92. The minimum Gasteiger partial charge on any atom is -0.310 e. The van der Waals surface area contributed by atoms with Gasteiger partial charge < -0.3 is 9.47 Å². The molecular formula is C50H33ClN2. The summed E-state index contributed by atoms with van der Waals surface area (Å²) in [5.74, 6) is 0. The molecule has 0 amide bonds. The lowest BCUT2D eigenvalue weighted by molar-refractivity contribution is 1.18. The fourth-order valence-electron chi connectivity index (χ4n) is 7.98. The van der Waals surface area contributed by atoms with Gasteiger partial charge in [-0.1, -0.05) is 133 Å². The van der Waals surface area contributed by atoms with Crippen molar-refractivity contribution in [3.8, 4) is 27.9 Å². The molecule has 0 aliphatic carbocycles. The molecular weight excluding hydrogens is 664 g/mol. The number of anilines is 3. The third-order valence-electron chi connectivity index (χ3n) is 10.3. The fraction of sp³-hybridized carbons (Fsp3) is 0. The lowest BCUT2D eigenvalue weighted by Gasteiger charge is -2.26. The summed E-state index contributed by atoms with van der Waals surface area (Å²) in [7, 11) is 0. The molecule has 1 heterocycles. The quantitative estimate of drug-likeness (QED) is 0.168. The standard InChI is InChI=1S/C50H33ClN2/c51-39-28-38(29-43(32-39)52(40-17-7-2-8-18-40)41-19-9-3-10-20-41)35-25-26-36-31-48-47(30-37(36)27-35)50-45-24-14-13-23-44(45)46(34-15-5-1-6-16-34)33-49(50)53(48)42-21-11-4-12-22-42/h1-33H. The molecule has 0 unspecified atom stereocenters. The van der Waals surface area contributed by atoms with Crippen LogP contribution < -0.4 is 4.90 Å². The maximum absolute atomic E-state index is 6.92. The van der Waals surface area contributed by atoms with Crippen molar-refractivity contribution in [1.82, 2.24) is 4.57 Å². The first-order chi connectivity index (χ1) is 26.2. The zero-order chi connectivity index (χ0) is 35.3. The number of hydrogen-bond acceptors (Lipinski definition) is 1. The Morgan fingerprint density at radius 3 is 1.70 bits per heavy atom. The Kier molecular flexibility index (Phi) is 7.56. The van der Waals surface area contributed by atoms with E-state index in [1.807, 2.05) is 18.2 Å². The molecule has 0 aliphatic heterocycles. The summed E-state index contributed by atoms with van der Waals surface area (Å²) in [6, 6.07) is 71.5. The summed E-state index contributed by atoms with van der Waals surface area (Å²) >= 11 is 6.92. The minimum atomic E-state index is 0.691. The number of hydrogen-bond donors (Lipinski definition) is 0. The van der Waals surface area contributed by atoms with E-state index in [-0.39, 0.29) is 0 Å². The molecule has 0 fully saturated rings. The second-order valence-electron chi connectivity index (χ2n) is 13.5. The van der Waals surface area contributed by atoms with Crippen molar-refractivity contribution in [1.29, 1.82) is 0 Å². The zero-order valence-electron chi connectivity index (χ0n) is 28.8. The smallest absolute Gasteiger partial charge is 0.0553 e. The highest BCUT2D eigenvalue weighted by Gasteiger charge is 2.19. The van der Waals surface area contributed by atoms with Crippen molar-refractivity contribution < 1.29 is 0 Å². The Balaban J connectivity index is 1.20. The Labute approximate surface area is 313 Å². The Hall–Kier alpha value is -6.61. The largest absolute Gasteiger partial charge is 0.310 e. The van der Waals surface area contributed by atoms with Crippen LogP contribution in [-0.2, 0) is 0 Å². The molecule has 10 aromatic rings. The lowest BCUT2D eigenvalue weighted by atomic mass is 9.94. The van der Waals surface area contributed by atoms with Gasteiger partial charge in [0.2, 0.25) is 0 Å². The van der Waals surface area contributed by atoms with Crippen LogP contribution >= 0.6 is 11.6 Å². The van der Waals surface area contributed by atoms with E-state index in [0.29, 0.717) is 5.02 Å². The highest BCUT2D eigenvalue weighted by molar-refractivity contribution is 6.31. The number of rotatable bonds is 6. The van der Waals surface area contributed by atoms with Crippen molar-refractivity contribution in [2.45, 2.75) is 0 Å². The third kappa shape index (κ3) is 5.44. The fourth-order valence-corrected chi connectivity index (χ4v) is 8.21. The molecule has 0 bridgehead atoms. The van der Waals surface area contributed by atoms with Gasteiger partial charge in [-0.25, -0.2) is 0 Å². The van der Waals surface area contributed by atoms with E-state index in [0.717, 1.165) is 33.9 Å². The van der Waals surface area contributed by atoms with Gasteiger partial charge in [0.1, 0.15) is 0 Å². The van der Waals surface area contributed by atoms with Crippen LogP contribution in [-0.4, -0.2) is 4.57 Å². The molecule has 0 spiro atoms. The van der Waals surface area contributed by atoms with Crippen LogP contribution in [0, 0.1) is 0 Å². The molecule has 1 aromatic heterocycles. The van der Waals surface area contributed by atoms with E-state index < -0.39 is 0 Å². The zero-order valence-corrected chi connectivity index (χ0v) is 29.6. The van der Waals surface area contributed by atoms with Gasteiger partial charge in [-0.15, -0.1) is 0 Å². The topological polar surface area (TPSA) is 8.17 Å². The van der Waals surface area contributed by atoms with Crippen LogP contribution in [0.1, 0.15) is 0 Å². The van der Waals surface area contributed by atoms with Gasteiger partial charge in [-0.05, 0) is 123 Å². The SMILES string of the molecule is Clc1cc(-c2ccc3cc4c(cc3c2)c2c3ccccc3c(-c3ccccc3)cc2n4-c2ccccc2)cc(N(c2ccccc2)c2ccccc2)c1. The summed E-state index contributed by atoms with van der Waals surface area (Å²) in [5, 5.41) is 8.05. The van der Waals surface area contributed by atoms with E-state index in [1.165, 1.54) is 54.5 Å². The first-order valence-electron chi connectivity index (χ1n) is 18.0. The summed E-state index contributed by atoms with van der Waals surface area (Å²) in [6.07, 6.45) is 0. The Morgan fingerprint density at radius 2 is 1.00 bits per heavy atom. The molecule has 10 rings (SSSR count). The van der Waals surface area contributed by atoms with Crippen molar-refractivity contribution >= 4 is 72.0 Å². The first kappa shape index (κ1) is 31.2. The number of halogens is 1. The summed E-state index contributed by atoms with van der Waals surface area (Å²) in [6.45, 7) is 0. The van der Waals surface area contributed by atoms with Crippen molar-refractivity contribution in [3.63, 3.8) is 0 Å². The maximum Gasteiger partial charge on any atom is 0.0553 e. The van der Waals surface area contributed by atoms with Crippen LogP contribution in [0.3, 0.4) is 0 Å². The van der Waals surface area contributed by atoms with E-state index in [4.69, 9.17) is 11.6 Å². The molecule has 2 nitrogen and oxygen atoms in total. The van der Waals surface area contributed by atoms with Gasteiger partial charge in [-0.3, -0.25) is 0 Å². The van der Waals surface area contributed by atoms with Gasteiger partial charge >= 0.3 is 0 Å². The van der Waals surface area contributed by atoms with Gasteiger partial charge in [0.25, 0.3) is 0 Å². The molecule has 0 saturated carbocycles. The number of benzene rings is 9. The van der Waals surface area contributed by atoms with E-state index in [2.05, 4.69) is 191 Å². The normalized spacial score (nSPS) is 11.5. The Morgan fingerprint density at radius 1 is 0.377 bits per heavy atom. The summed E-state index contributed by atoms with van der Waals surface area (Å²) in [5.41, 5.74) is 11.3.